The number of hydrogen-bond donors (Lipinski definition) is 0. The fourth-order valence-electron chi connectivity index (χ4n) is 2.04. The van der Waals surface area contributed by atoms with Crippen LogP contribution in [0.2, 0.25) is 0 Å². The Labute approximate surface area is 127 Å². The summed E-state index contributed by atoms with van der Waals surface area (Å²) in [6, 6.07) is 12.5. The number of halogens is 3. The minimum atomic E-state index is -4.32. The lowest BCUT2D eigenvalue weighted by Crippen LogP contribution is -2.22. The van der Waals surface area contributed by atoms with Crippen molar-refractivity contribution in [2.75, 3.05) is 7.05 Å². The minimum Gasteiger partial charge on any atom is -0.342 e. The van der Waals surface area contributed by atoms with Crippen LogP contribution in [0.25, 0.3) is 11.1 Å². The van der Waals surface area contributed by atoms with E-state index in [1.165, 1.54) is 19.1 Å². The molecule has 0 aliphatic heterocycles. The van der Waals surface area contributed by atoms with E-state index in [4.69, 9.17) is 0 Å². The van der Waals surface area contributed by atoms with Crippen molar-refractivity contribution in [3.05, 3.63) is 59.7 Å². The van der Waals surface area contributed by atoms with E-state index in [0.717, 1.165) is 28.8 Å². The number of benzene rings is 2. The van der Waals surface area contributed by atoms with Crippen LogP contribution >= 0.6 is 0 Å². The second kappa shape index (κ2) is 6.22. The van der Waals surface area contributed by atoms with Crippen LogP contribution in [0.5, 0.6) is 0 Å². The van der Waals surface area contributed by atoms with Crippen molar-refractivity contribution in [2.24, 2.45) is 0 Å². The predicted molar refractivity (Wildman–Crippen MR) is 79.0 cm³/mol. The molecule has 0 N–H and O–H groups in total. The van der Waals surface area contributed by atoms with Gasteiger partial charge in [-0.05, 0) is 28.8 Å². The summed E-state index contributed by atoms with van der Waals surface area (Å²) in [5, 5.41) is 0. The molecule has 0 aromatic heterocycles. The van der Waals surface area contributed by atoms with Gasteiger partial charge in [0.1, 0.15) is 0 Å². The largest absolute Gasteiger partial charge is 0.416 e. The second-order valence-corrected chi connectivity index (χ2v) is 5.15. The molecule has 2 aromatic rings. The van der Waals surface area contributed by atoms with Crippen molar-refractivity contribution in [3.8, 4) is 11.1 Å². The van der Waals surface area contributed by atoms with E-state index < -0.39 is 11.7 Å². The molecule has 0 unspecified atom stereocenters. The summed E-state index contributed by atoms with van der Waals surface area (Å²) >= 11 is 0. The first-order valence-corrected chi connectivity index (χ1v) is 6.75. The average Bonchev–Trinajstić information content (AvgIpc) is 2.47. The van der Waals surface area contributed by atoms with Gasteiger partial charge in [0.2, 0.25) is 5.91 Å². The first kappa shape index (κ1) is 16.1. The van der Waals surface area contributed by atoms with E-state index in [9.17, 15) is 18.0 Å². The zero-order valence-electron chi connectivity index (χ0n) is 12.3. The molecular weight excluding hydrogens is 291 g/mol. The van der Waals surface area contributed by atoms with E-state index in [1.807, 2.05) is 24.3 Å². The summed E-state index contributed by atoms with van der Waals surface area (Å²) in [4.78, 5) is 12.8. The third-order valence-electron chi connectivity index (χ3n) is 3.46. The van der Waals surface area contributed by atoms with Gasteiger partial charge in [-0.15, -0.1) is 0 Å². The van der Waals surface area contributed by atoms with Gasteiger partial charge >= 0.3 is 6.18 Å². The number of carbonyl (C=O) groups excluding carboxylic acids is 1. The number of nitrogens with zero attached hydrogens (tertiary/aromatic N) is 1. The van der Waals surface area contributed by atoms with E-state index in [1.54, 1.807) is 11.9 Å². The molecule has 116 valence electrons. The molecule has 0 bridgehead atoms. The van der Waals surface area contributed by atoms with E-state index in [0.29, 0.717) is 6.54 Å². The van der Waals surface area contributed by atoms with Gasteiger partial charge < -0.3 is 4.90 Å². The summed E-state index contributed by atoms with van der Waals surface area (Å²) < 4.78 is 37.6. The molecule has 0 aliphatic carbocycles. The molecule has 1 amide bonds. The van der Waals surface area contributed by atoms with Crippen LogP contribution in [0, 0.1) is 0 Å². The molecule has 2 rings (SSSR count). The van der Waals surface area contributed by atoms with Crippen molar-refractivity contribution in [3.63, 3.8) is 0 Å². The maximum atomic E-state index is 12.5. The van der Waals surface area contributed by atoms with Crippen LogP contribution in [0.3, 0.4) is 0 Å². The molecule has 0 spiro atoms. The SMILES string of the molecule is CC(=O)N(C)Cc1ccc(-c2ccc(C(F)(F)F)cc2)cc1. The molecule has 0 saturated heterocycles. The highest BCUT2D eigenvalue weighted by atomic mass is 19.4. The molecule has 22 heavy (non-hydrogen) atoms. The van der Waals surface area contributed by atoms with Crippen molar-refractivity contribution >= 4 is 5.91 Å². The summed E-state index contributed by atoms with van der Waals surface area (Å²) in [6.45, 7) is 2.00. The molecular formula is C17H16F3NO. The molecule has 5 heteroatoms. The number of hydrogen-bond acceptors (Lipinski definition) is 1. The lowest BCUT2D eigenvalue weighted by molar-refractivity contribution is -0.137. The average molecular weight is 307 g/mol. The number of carbonyl (C=O) groups is 1. The van der Waals surface area contributed by atoms with Crippen LogP contribution in [0.1, 0.15) is 18.1 Å². The lowest BCUT2D eigenvalue weighted by atomic mass is 10.0. The number of rotatable bonds is 3. The Balaban J connectivity index is 2.15. The van der Waals surface area contributed by atoms with E-state index in [2.05, 4.69) is 0 Å². The van der Waals surface area contributed by atoms with Gasteiger partial charge in [0.05, 0.1) is 5.56 Å². The minimum absolute atomic E-state index is 0.0215. The van der Waals surface area contributed by atoms with Crippen LogP contribution < -0.4 is 0 Å². The van der Waals surface area contributed by atoms with Crippen molar-refractivity contribution < 1.29 is 18.0 Å². The molecule has 0 radical (unpaired) electrons. The Kier molecular flexibility index (Phi) is 4.54. The topological polar surface area (TPSA) is 20.3 Å². The third-order valence-corrected chi connectivity index (χ3v) is 3.46. The van der Waals surface area contributed by atoms with Gasteiger partial charge in [-0.1, -0.05) is 36.4 Å². The second-order valence-electron chi connectivity index (χ2n) is 5.15. The van der Waals surface area contributed by atoms with Crippen molar-refractivity contribution in [1.82, 2.24) is 4.90 Å². The monoisotopic (exact) mass is 307 g/mol. The normalized spacial score (nSPS) is 11.3. The van der Waals surface area contributed by atoms with Crippen molar-refractivity contribution in [2.45, 2.75) is 19.6 Å². The highest BCUT2D eigenvalue weighted by Crippen LogP contribution is 2.31. The van der Waals surface area contributed by atoms with Crippen LogP contribution in [0.15, 0.2) is 48.5 Å². The van der Waals surface area contributed by atoms with Gasteiger partial charge in [-0.25, -0.2) is 0 Å². The lowest BCUT2D eigenvalue weighted by Gasteiger charge is -2.15. The molecule has 0 aliphatic rings. The molecule has 0 heterocycles. The fraction of sp³-hybridized carbons (Fsp3) is 0.235. The standard InChI is InChI=1S/C17H16F3NO/c1-12(22)21(2)11-13-3-5-14(6-4-13)15-7-9-16(10-8-15)17(18,19)20/h3-10H,11H2,1-2H3. The summed E-state index contributed by atoms with van der Waals surface area (Å²) in [6.07, 6.45) is -4.32. The van der Waals surface area contributed by atoms with Gasteiger partial charge in [0.15, 0.2) is 0 Å². The summed E-state index contributed by atoms with van der Waals surface area (Å²) in [7, 11) is 1.71. The maximum Gasteiger partial charge on any atom is 0.416 e. The van der Waals surface area contributed by atoms with E-state index in [-0.39, 0.29) is 5.91 Å². The van der Waals surface area contributed by atoms with Gasteiger partial charge in [-0.2, -0.15) is 13.2 Å². The molecule has 2 aromatic carbocycles. The van der Waals surface area contributed by atoms with Gasteiger partial charge in [0.25, 0.3) is 0 Å². The molecule has 0 saturated carbocycles. The third kappa shape index (κ3) is 3.87. The van der Waals surface area contributed by atoms with E-state index >= 15 is 0 Å². The van der Waals surface area contributed by atoms with Crippen molar-refractivity contribution in [1.29, 1.82) is 0 Å². The van der Waals surface area contributed by atoms with Gasteiger partial charge in [0, 0.05) is 20.5 Å². The Bertz CT molecular complexity index is 645. The number of alkyl halides is 3. The highest BCUT2D eigenvalue weighted by molar-refractivity contribution is 5.73. The van der Waals surface area contributed by atoms with Crippen LogP contribution in [-0.4, -0.2) is 17.9 Å². The Hall–Kier alpha value is -2.30. The smallest absolute Gasteiger partial charge is 0.342 e. The molecule has 2 nitrogen and oxygen atoms in total. The van der Waals surface area contributed by atoms with Crippen LogP contribution in [0.4, 0.5) is 13.2 Å². The first-order chi connectivity index (χ1) is 10.3. The Morgan fingerprint density at radius 1 is 0.955 bits per heavy atom. The fourth-order valence-corrected chi connectivity index (χ4v) is 2.04. The first-order valence-electron chi connectivity index (χ1n) is 6.75. The molecule has 0 fully saturated rings. The van der Waals surface area contributed by atoms with Gasteiger partial charge in [-0.3, -0.25) is 4.79 Å². The Morgan fingerprint density at radius 3 is 1.82 bits per heavy atom. The quantitative estimate of drug-likeness (QED) is 0.825. The Morgan fingerprint density at radius 2 is 1.41 bits per heavy atom. The summed E-state index contributed by atoms with van der Waals surface area (Å²) in [5.74, 6) is -0.0215. The zero-order valence-corrected chi connectivity index (χ0v) is 12.3. The zero-order chi connectivity index (χ0) is 16.3. The number of amides is 1. The maximum absolute atomic E-state index is 12.5. The van der Waals surface area contributed by atoms with Crippen LogP contribution in [-0.2, 0) is 17.5 Å². The predicted octanol–water partition coefficient (Wildman–Crippen LogP) is 4.35. The molecule has 0 atom stereocenters. The summed E-state index contributed by atoms with van der Waals surface area (Å²) in [5.41, 5.74) is 1.87. The highest BCUT2D eigenvalue weighted by Gasteiger charge is 2.29.